The van der Waals surface area contributed by atoms with Gasteiger partial charge in [-0.3, -0.25) is 9.59 Å². The maximum atomic E-state index is 13.4. The lowest BCUT2D eigenvalue weighted by molar-refractivity contribution is 0.0774. The van der Waals surface area contributed by atoms with Gasteiger partial charge in [0.2, 0.25) is 15.9 Å². The van der Waals surface area contributed by atoms with Gasteiger partial charge in [0.15, 0.2) is 5.65 Å². The average Bonchev–Trinajstić information content (AvgIpc) is 3.68. The first-order valence-electron chi connectivity index (χ1n) is 15.4. The molecule has 240 valence electrons. The summed E-state index contributed by atoms with van der Waals surface area (Å²) in [5, 5.41) is 14.8. The van der Waals surface area contributed by atoms with Crippen LogP contribution in [0, 0.1) is 11.8 Å². The Hall–Kier alpha value is -4.20. The molecule has 3 fully saturated rings. The predicted molar refractivity (Wildman–Crippen MR) is 166 cm³/mol. The Morgan fingerprint density at radius 1 is 0.978 bits per heavy atom. The van der Waals surface area contributed by atoms with Crippen molar-refractivity contribution < 1.29 is 32.6 Å². The molecule has 14 heteroatoms. The number of pyridine rings is 1. The van der Waals surface area contributed by atoms with E-state index in [1.54, 1.807) is 29.2 Å². The van der Waals surface area contributed by atoms with Crippen LogP contribution in [0.5, 0.6) is 5.88 Å². The van der Waals surface area contributed by atoms with Crippen molar-refractivity contribution in [1.29, 1.82) is 0 Å². The molecule has 3 amide bonds. The van der Waals surface area contributed by atoms with Gasteiger partial charge in [-0.2, -0.15) is 0 Å². The number of rotatable bonds is 7. The van der Waals surface area contributed by atoms with Crippen molar-refractivity contribution in [2.75, 3.05) is 32.4 Å². The fourth-order valence-corrected chi connectivity index (χ4v) is 7.29. The lowest BCUT2D eigenvalue weighted by atomic mass is 9.95. The summed E-state index contributed by atoms with van der Waals surface area (Å²) in [6.45, 7) is 5.69. The average molecular weight is 639 g/mol. The maximum absolute atomic E-state index is 13.4. The molecule has 2 unspecified atom stereocenters. The van der Waals surface area contributed by atoms with E-state index in [0.717, 1.165) is 38.4 Å². The molecule has 2 saturated heterocycles. The van der Waals surface area contributed by atoms with E-state index in [2.05, 4.69) is 4.98 Å². The molecule has 2 aliphatic heterocycles. The van der Waals surface area contributed by atoms with E-state index in [4.69, 9.17) is 9.84 Å². The Morgan fingerprint density at radius 3 is 2.18 bits per heavy atom. The van der Waals surface area contributed by atoms with Crippen molar-refractivity contribution in [1.82, 2.24) is 29.3 Å². The minimum absolute atomic E-state index is 0.0573. The molecule has 0 spiro atoms. The summed E-state index contributed by atoms with van der Waals surface area (Å²) in [5.41, 5.74) is 2.12. The molecule has 6 rings (SSSR count). The Kier molecular flexibility index (Phi) is 8.18. The summed E-state index contributed by atoms with van der Waals surface area (Å²) in [7, 11) is -3.84. The standard InChI is InChI=1S/C31H38N6O7S/c1-18(2)44-29-26-24(13-25(28(38)34-45(3,42)43)32-27(26)37(33-29)23-7-5-4-6-8-23)19-9-11-20(12-10-19)30(39)35-14-21-16-36(31(40)41)17-22(21)15-35/h9-13,18,21-23H,4-8,14-17H2,1-3H3,(H,34,38)(H,40,41). The Labute approximate surface area is 261 Å². The van der Waals surface area contributed by atoms with Crippen LogP contribution in [0.2, 0.25) is 0 Å². The zero-order chi connectivity index (χ0) is 32.0. The molecule has 1 aromatic carbocycles. The van der Waals surface area contributed by atoms with Gasteiger partial charge in [0.25, 0.3) is 11.8 Å². The number of fused-ring (bicyclic) bond motifs is 2. The van der Waals surface area contributed by atoms with Gasteiger partial charge in [-0.15, -0.1) is 5.10 Å². The number of amides is 3. The highest BCUT2D eigenvalue weighted by Crippen LogP contribution is 2.39. The molecule has 2 atom stereocenters. The number of nitrogens with zero attached hydrogens (tertiary/aromatic N) is 5. The summed E-state index contributed by atoms with van der Waals surface area (Å²) in [5.74, 6) is -0.338. The van der Waals surface area contributed by atoms with Crippen molar-refractivity contribution in [3.8, 4) is 17.0 Å². The maximum Gasteiger partial charge on any atom is 0.407 e. The van der Waals surface area contributed by atoms with E-state index in [0.29, 0.717) is 59.8 Å². The van der Waals surface area contributed by atoms with Gasteiger partial charge < -0.3 is 19.6 Å². The Bertz CT molecular complexity index is 1730. The fourth-order valence-electron chi connectivity index (χ4n) is 6.84. The van der Waals surface area contributed by atoms with E-state index < -0.39 is 22.0 Å². The van der Waals surface area contributed by atoms with Crippen LogP contribution >= 0.6 is 0 Å². The number of aromatic nitrogens is 3. The van der Waals surface area contributed by atoms with Crippen LogP contribution in [0.4, 0.5) is 4.79 Å². The first-order chi connectivity index (χ1) is 21.4. The van der Waals surface area contributed by atoms with Gasteiger partial charge in [0.1, 0.15) is 5.69 Å². The number of hydrogen-bond donors (Lipinski definition) is 2. The number of carbonyl (C=O) groups is 3. The highest BCUT2D eigenvalue weighted by atomic mass is 32.2. The fraction of sp³-hybridized carbons (Fsp3) is 0.516. The quantitative estimate of drug-likeness (QED) is 0.392. The number of carbonyl (C=O) groups excluding carboxylic acids is 2. The molecule has 2 aromatic heterocycles. The third-order valence-corrected chi connectivity index (χ3v) is 9.45. The van der Waals surface area contributed by atoms with E-state index in [1.807, 2.05) is 23.3 Å². The molecule has 3 aromatic rings. The molecule has 0 radical (unpaired) electrons. The van der Waals surface area contributed by atoms with Crippen molar-refractivity contribution in [2.24, 2.45) is 11.8 Å². The van der Waals surface area contributed by atoms with Crippen LogP contribution in [-0.4, -0.2) is 94.5 Å². The molecule has 0 bridgehead atoms. The van der Waals surface area contributed by atoms with Gasteiger partial charge in [0.05, 0.1) is 23.8 Å². The SMILES string of the molecule is CC(C)Oc1nn(C2CCCCC2)c2nc(C(=O)NS(C)(=O)=O)cc(-c3ccc(C(=O)N4CC5CN(C(=O)O)CC5C4)cc3)c12. The lowest BCUT2D eigenvalue weighted by Gasteiger charge is -2.22. The molecule has 3 aliphatic rings. The molecule has 1 saturated carbocycles. The number of ether oxygens (including phenoxy) is 1. The first-order valence-corrected chi connectivity index (χ1v) is 17.3. The third-order valence-electron chi connectivity index (χ3n) is 8.90. The van der Waals surface area contributed by atoms with Crippen molar-refractivity contribution in [2.45, 2.75) is 58.1 Å². The monoisotopic (exact) mass is 638 g/mol. The molecule has 45 heavy (non-hydrogen) atoms. The second-order valence-corrected chi connectivity index (χ2v) is 14.4. The zero-order valence-electron chi connectivity index (χ0n) is 25.6. The van der Waals surface area contributed by atoms with Crippen molar-refractivity contribution in [3.63, 3.8) is 0 Å². The molecule has 13 nitrogen and oxygen atoms in total. The van der Waals surface area contributed by atoms with Gasteiger partial charge in [-0.25, -0.2) is 27.6 Å². The van der Waals surface area contributed by atoms with Gasteiger partial charge in [-0.05, 0) is 50.5 Å². The number of likely N-dealkylation sites (tertiary alicyclic amines) is 2. The topological polar surface area (TPSA) is 164 Å². The highest BCUT2D eigenvalue weighted by molar-refractivity contribution is 7.89. The van der Waals surface area contributed by atoms with E-state index >= 15 is 0 Å². The minimum Gasteiger partial charge on any atom is -0.473 e. The third kappa shape index (κ3) is 6.33. The normalized spacial score (nSPS) is 20.5. The smallest absolute Gasteiger partial charge is 0.407 e. The van der Waals surface area contributed by atoms with Crippen molar-refractivity contribution >= 4 is 39.0 Å². The van der Waals surface area contributed by atoms with E-state index in [-0.39, 0.29) is 35.6 Å². The Morgan fingerprint density at radius 2 is 1.60 bits per heavy atom. The minimum atomic E-state index is -3.84. The van der Waals surface area contributed by atoms with Crippen molar-refractivity contribution in [3.05, 3.63) is 41.6 Å². The lowest BCUT2D eigenvalue weighted by Crippen LogP contribution is -2.35. The molecule has 4 heterocycles. The van der Waals surface area contributed by atoms with Crippen LogP contribution in [0.3, 0.4) is 0 Å². The van der Waals surface area contributed by atoms with Crippen LogP contribution < -0.4 is 9.46 Å². The van der Waals surface area contributed by atoms with E-state index in [1.165, 1.54) is 11.0 Å². The van der Waals surface area contributed by atoms with Crippen LogP contribution in [0.25, 0.3) is 22.2 Å². The number of hydrogen-bond acceptors (Lipinski definition) is 8. The zero-order valence-corrected chi connectivity index (χ0v) is 26.4. The van der Waals surface area contributed by atoms with Gasteiger partial charge in [0, 0.05) is 49.1 Å². The summed E-state index contributed by atoms with van der Waals surface area (Å²) < 4.78 is 33.9. The Balaban J connectivity index is 1.37. The summed E-state index contributed by atoms with van der Waals surface area (Å²) in [4.78, 5) is 45.7. The highest BCUT2D eigenvalue weighted by Gasteiger charge is 2.43. The second-order valence-electron chi connectivity index (χ2n) is 12.7. The van der Waals surface area contributed by atoms with Crippen LogP contribution in [0.1, 0.15) is 72.8 Å². The summed E-state index contributed by atoms with van der Waals surface area (Å²) in [6.07, 6.45) is 4.82. The van der Waals surface area contributed by atoms with Gasteiger partial charge >= 0.3 is 6.09 Å². The molecular weight excluding hydrogens is 600 g/mol. The second kappa shape index (κ2) is 12.0. The summed E-state index contributed by atoms with van der Waals surface area (Å²) >= 11 is 0. The molecule has 2 N–H and O–H groups in total. The first kappa shape index (κ1) is 30.8. The molecular formula is C31H38N6O7S. The number of carboxylic acid groups (broad SMARTS) is 1. The van der Waals surface area contributed by atoms with E-state index in [9.17, 15) is 27.9 Å². The number of sulfonamides is 1. The number of nitrogens with one attached hydrogen (secondary N) is 1. The predicted octanol–water partition coefficient (Wildman–Crippen LogP) is 3.76. The number of benzene rings is 1. The largest absolute Gasteiger partial charge is 0.473 e. The molecule has 1 aliphatic carbocycles. The summed E-state index contributed by atoms with van der Waals surface area (Å²) in [6, 6.07) is 8.64. The van der Waals surface area contributed by atoms with Crippen LogP contribution in [0.15, 0.2) is 30.3 Å². The van der Waals surface area contributed by atoms with Gasteiger partial charge in [-0.1, -0.05) is 31.4 Å². The van der Waals surface area contributed by atoms with Crippen LogP contribution in [-0.2, 0) is 10.0 Å².